The Bertz CT molecular complexity index is 542. The van der Waals surface area contributed by atoms with Gasteiger partial charge in [-0.25, -0.2) is 12.8 Å². The van der Waals surface area contributed by atoms with Gasteiger partial charge in [0, 0.05) is 5.56 Å². The first kappa shape index (κ1) is 12.5. The van der Waals surface area contributed by atoms with Crippen LogP contribution in [0.3, 0.4) is 0 Å². The molecular weight excluding hydrogens is 243 g/mol. The lowest BCUT2D eigenvalue weighted by molar-refractivity contribution is 0.0607. The molecule has 1 fully saturated rings. The van der Waals surface area contributed by atoms with E-state index in [9.17, 15) is 17.9 Å². The molecule has 0 aromatic heterocycles. The summed E-state index contributed by atoms with van der Waals surface area (Å²) in [6, 6.07) is 3.08. The summed E-state index contributed by atoms with van der Waals surface area (Å²) in [5.74, 6) is -1.00. The molecule has 17 heavy (non-hydrogen) atoms. The van der Waals surface area contributed by atoms with E-state index in [4.69, 9.17) is 0 Å². The third-order valence-electron chi connectivity index (χ3n) is 3.18. The van der Waals surface area contributed by atoms with Crippen LogP contribution in [0.15, 0.2) is 12.1 Å². The van der Waals surface area contributed by atoms with E-state index in [1.54, 1.807) is 19.9 Å². The molecule has 3 nitrogen and oxygen atoms in total. The van der Waals surface area contributed by atoms with Crippen LogP contribution < -0.4 is 0 Å². The van der Waals surface area contributed by atoms with Crippen LogP contribution in [0.5, 0.6) is 0 Å². The lowest BCUT2D eigenvalue weighted by Gasteiger charge is -2.24. The van der Waals surface area contributed by atoms with Gasteiger partial charge in [-0.2, -0.15) is 0 Å². The van der Waals surface area contributed by atoms with Crippen LogP contribution >= 0.6 is 0 Å². The lowest BCUT2D eigenvalue weighted by atomic mass is 9.88. The van der Waals surface area contributed by atoms with Crippen LogP contribution in [0.4, 0.5) is 4.39 Å². The van der Waals surface area contributed by atoms with Gasteiger partial charge in [-0.3, -0.25) is 0 Å². The van der Waals surface area contributed by atoms with E-state index in [2.05, 4.69) is 0 Å². The Balaban J connectivity index is 2.55. The van der Waals surface area contributed by atoms with Crippen molar-refractivity contribution in [3.63, 3.8) is 0 Å². The van der Waals surface area contributed by atoms with Gasteiger partial charge in [-0.1, -0.05) is 6.07 Å². The molecule has 0 saturated carbocycles. The van der Waals surface area contributed by atoms with E-state index in [-0.39, 0.29) is 23.5 Å². The fraction of sp³-hybridized carbons (Fsp3) is 0.500. The van der Waals surface area contributed by atoms with Gasteiger partial charge in [0.25, 0.3) is 0 Å². The van der Waals surface area contributed by atoms with Gasteiger partial charge in [0.15, 0.2) is 9.84 Å². The van der Waals surface area contributed by atoms with Crippen molar-refractivity contribution in [3.05, 3.63) is 34.6 Å². The zero-order chi connectivity index (χ0) is 12.8. The fourth-order valence-corrected chi connectivity index (χ4v) is 4.34. The van der Waals surface area contributed by atoms with Gasteiger partial charge in [0.1, 0.15) is 11.4 Å². The van der Waals surface area contributed by atoms with E-state index < -0.39 is 21.3 Å². The largest absolute Gasteiger partial charge is 0.384 e. The van der Waals surface area contributed by atoms with Crippen LogP contribution in [-0.2, 0) is 15.4 Å². The SMILES string of the molecule is Cc1cc(C)c(C2(O)CCS(=O)(=O)C2)c(F)c1. The summed E-state index contributed by atoms with van der Waals surface area (Å²) in [4.78, 5) is 0. The highest BCUT2D eigenvalue weighted by atomic mass is 32.2. The maximum absolute atomic E-state index is 13.9. The Hall–Kier alpha value is -0.940. The van der Waals surface area contributed by atoms with Crippen molar-refractivity contribution in [2.24, 2.45) is 0 Å². The minimum Gasteiger partial charge on any atom is -0.384 e. The van der Waals surface area contributed by atoms with Crippen molar-refractivity contribution in [2.45, 2.75) is 25.9 Å². The molecule has 1 heterocycles. The Morgan fingerprint density at radius 2 is 2.00 bits per heavy atom. The topological polar surface area (TPSA) is 54.4 Å². The molecule has 1 saturated heterocycles. The number of rotatable bonds is 1. The predicted molar refractivity (Wildman–Crippen MR) is 63.0 cm³/mol. The Morgan fingerprint density at radius 3 is 2.47 bits per heavy atom. The number of aryl methyl sites for hydroxylation is 2. The summed E-state index contributed by atoms with van der Waals surface area (Å²) in [6.45, 7) is 3.45. The molecule has 1 atom stereocenters. The molecule has 1 unspecified atom stereocenters. The molecule has 0 bridgehead atoms. The highest BCUT2D eigenvalue weighted by Gasteiger charge is 2.44. The lowest BCUT2D eigenvalue weighted by Crippen LogP contribution is -2.29. The number of sulfone groups is 1. The normalized spacial score (nSPS) is 27.3. The van der Waals surface area contributed by atoms with Crippen molar-refractivity contribution in [2.75, 3.05) is 11.5 Å². The van der Waals surface area contributed by atoms with Crippen molar-refractivity contribution >= 4 is 9.84 Å². The standard InChI is InChI=1S/C12H15FO3S/c1-8-5-9(2)11(10(13)6-8)12(14)3-4-17(15,16)7-12/h5-6,14H,3-4,7H2,1-2H3. The van der Waals surface area contributed by atoms with Gasteiger partial charge in [-0.15, -0.1) is 0 Å². The first-order valence-corrected chi connectivity index (χ1v) is 7.26. The quantitative estimate of drug-likeness (QED) is 0.829. The van der Waals surface area contributed by atoms with Gasteiger partial charge >= 0.3 is 0 Å². The fourth-order valence-electron chi connectivity index (χ4n) is 2.53. The average Bonchev–Trinajstić information content (AvgIpc) is 2.38. The van der Waals surface area contributed by atoms with Gasteiger partial charge < -0.3 is 5.11 Å². The number of hydrogen-bond donors (Lipinski definition) is 1. The van der Waals surface area contributed by atoms with E-state index in [1.165, 1.54) is 6.07 Å². The van der Waals surface area contributed by atoms with Crippen LogP contribution in [0.25, 0.3) is 0 Å². The minimum absolute atomic E-state index is 0.0656. The number of benzene rings is 1. The summed E-state index contributed by atoms with van der Waals surface area (Å²) in [5, 5.41) is 10.3. The molecule has 0 aliphatic carbocycles. The summed E-state index contributed by atoms with van der Waals surface area (Å²) < 4.78 is 36.8. The molecular formula is C12H15FO3S. The Labute approximate surface area is 100 Å². The maximum Gasteiger partial charge on any atom is 0.153 e. The third-order valence-corrected chi connectivity index (χ3v) is 4.93. The van der Waals surface area contributed by atoms with Crippen LogP contribution in [0, 0.1) is 19.7 Å². The average molecular weight is 258 g/mol. The zero-order valence-electron chi connectivity index (χ0n) is 9.83. The molecule has 5 heteroatoms. The van der Waals surface area contributed by atoms with Crippen molar-refractivity contribution in [1.29, 1.82) is 0 Å². The van der Waals surface area contributed by atoms with Gasteiger partial charge in [0.05, 0.1) is 11.5 Å². The second-order valence-electron chi connectivity index (χ2n) is 4.81. The molecule has 1 N–H and O–H groups in total. The zero-order valence-corrected chi connectivity index (χ0v) is 10.6. The highest BCUT2D eigenvalue weighted by Crippen LogP contribution is 2.37. The van der Waals surface area contributed by atoms with Crippen LogP contribution in [0.2, 0.25) is 0 Å². The van der Waals surface area contributed by atoms with Crippen LogP contribution in [0.1, 0.15) is 23.1 Å². The van der Waals surface area contributed by atoms with Crippen molar-refractivity contribution in [3.8, 4) is 0 Å². The van der Waals surface area contributed by atoms with E-state index >= 15 is 0 Å². The second-order valence-corrected chi connectivity index (χ2v) is 7.00. The molecule has 1 aromatic rings. The summed E-state index contributed by atoms with van der Waals surface area (Å²) in [5.41, 5.74) is -0.0831. The molecule has 1 aromatic carbocycles. The molecule has 1 aliphatic heterocycles. The number of aliphatic hydroxyl groups is 1. The minimum atomic E-state index is -3.26. The molecule has 2 rings (SSSR count). The van der Waals surface area contributed by atoms with E-state index in [1.807, 2.05) is 0 Å². The van der Waals surface area contributed by atoms with Crippen LogP contribution in [-0.4, -0.2) is 25.0 Å². The Kier molecular flexibility index (Phi) is 2.78. The summed E-state index contributed by atoms with van der Waals surface area (Å²) in [6.07, 6.45) is 0.0656. The summed E-state index contributed by atoms with van der Waals surface area (Å²) >= 11 is 0. The summed E-state index contributed by atoms with van der Waals surface area (Å²) in [7, 11) is -3.26. The molecule has 1 aliphatic rings. The number of hydrogen-bond acceptors (Lipinski definition) is 3. The first-order chi connectivity index (χ1) is 7.73. The van der Waals surface area contributed by atoms with Gasteiger partial charge in [0.2, 0.25) is 0 Å². The maximum atomic E-state index is 13.9. The van der Waals surface area contributed by atoms with E-state index in [0.717, 1.165) is 5.56 Å². The molecule has 0 spiro atoms. The molecule has 0 amide bonds. The number of halogens is 1. The van der Waals surface area contributed by atoms with Crippen molar-refractivity contribution < 1.29 is 17.9 Å². The monoisotopic (exact) mass is 258 g/mol. The first-order valence-electron chi connectivity index (χ1n) is 5.44. The van der Waals surface area contributed by atoms with E-state index in [0.29, 0.717) is 5.56 Å². The van der Waals surface area contributed by atoms with Crippen molar-refractivity contribution in [1.82, 2.24) is 0 Å². The highest BCUT2D eigenvalue weighted by molar-refractivity contribution is 7.91. The predicted octanol–water partition coefficient (Wildman–Crippen LogP) is 1.45. The smallest absolute Gasteiger partial charge is 0.153 e. The second kappa shape index (κ2) is 3.78. The molecule has 0 radical (unpaired) electrons. The third kappa shape index (κ3) is 2.21. The molecule has 94 valence electrons. The Morgan fingerprint density at radius 1 is 1.35 bits per heavy atom. The van der Waals surface area contributed by atoms with Gasteiger partial charge in [-0.05, 0) is 37.5 Å².